The monoisotopic (exact) mass is 333 g/mol. The topological polar surface area (TPSA) is 38.3 Å². The lowest BCUT2D eigenvalue weighted by atomic mass is 9.96. The number of hydrogen-bond acceptors (Lipinski definition) is 2. The van der Waals surface area contributed by atoms with Crippen molar-refractivity contribution in [1.82, 2.24) is 5.32 Å². The Morgan fingerprint density at radius 3 is 2.32 bits per heavy atom. The summed E-state index contributed by atoms with van der Waals surface area (Å²) in [5.41, 5.74) is 1.11. The molecule has 1 atom stereocenters. The molecule has 0 saturated heterocycles. The molecule has 0 radical (unpaired) electrons. The number of hydrogen-bond donors (Lipinski definition) is 1. The van der Waals surface area contributed by atoms with E-state index in [2.05, 4.69) is 25.2 Å². The van der Waals surface area contributed by atoms with Crippen molar-refractivity contribution < 1.29 is 9.53 Å². The van der Waals surface area contributed by atoms with Crippen molar-refractivity contribution in [1.29, 1.82) is 0 Å². The number of rotatable bonds is 6. The summed E-state index contributed by atoms with van der Waals surface area (Å²) in [6.45, 7) is 4.21. The quantitative estimate of drug-likeness (QED) is 0.708. The van der Waals surface area contributed by atoms with Gasteiger partial charge in [0.05, 0.1) is 6.04 Å². The highest BCUT2D eigenvalue weighted by Crippen LogP contribution is 2.22. The summed E-state index contributed by atoms with van der Waals surface area (Å²) in [5.74, 6) is 0.886. The Labute approximate surface area is 148 Å². The van der Waals surface area contributed by atoms with Gasteiger partial charge >= 0.3 is 0 Å². The third-order valence-electron chi connectivity index (χ3n) is 4.23. The SMILES string of the molecule is CC(C)[C@H](NC(=O)COc1ccc2ccccc2c1)c1ccccc1. The van der Waals surface area contributed by atoms with Crippen molar-refractivity contribution in [2.75, 3.05) is 6.61 Å². The molecular formula is C22H23NO2. The Kier molecular flexibility index (Phi) is 5.34. The number of benzene rings is 3. The number of nitrogens with one attached hydrogen (secondary N) is 1. The highest BCUT2D eigenvalue weighted by Gasteiger charge is 2.18. The van der Waals surface area contributed by atoms with E-state index >= 15 is 0 Å². The zero-order valence-electron chi connectivity index (χ0n) is 14.6. The van der Waals surface area contributed by atoms with E-state index in [4.69, 9.17) is 4.74 Å². The van der Waals surface area contributed by atoms with Gasteiger partial charge in [0.25, 0.3) is 5.91 Å². The van der Waals surface area contributed by atoms with Gasteiger partial charge in [-0.05, 0) is 34.4 Å². The summed E-state index contributed by atoms with van der Waals surface area (Å²) in [5, 5.41) is 5.33. The van der Waals surface area contributed by atoms with Crippen LogP contribution in [-0.4, -0.2) is 12.5 Å². The van der Waals surface area contributed by atoms with Crippen molar-refractivity contribution >= 4 is 16.7 Å². The Morgan fingerprint density at radius 2 is 1.60 bits per heavy atom. The van der Waals surface area contributed by atoms with Crippen LogP contribution in [-0.2, 0) is 4.79 Å². The average Bonchev–Trinajstić information content (AvgIpc) is 2.64. The van der Waals surface area contributed by atoms with Gasteiger partial charge in [0.2, 0.25) is 0 Å². The Balaban J connectivity index is 1.63. The molecule has 25 heavy (non-hydrogen) atoms. The Morgan fingerprint density at radius 1 is 0.920 bits per heavy atom. The highest BCUT2D eigenvalue weighted by atomic mass is 16.5. The molecule has 3 nitrogen and oxygen atoms in total. The van der Waals surface area contributed by atoms with Crippen LogP contribution in [0.2, 0.25) is 0 Å². The first-order valence-corrected chi connectivity index (χ1v) is 8.59. The molecule has 3 aromatic rings. The summed E-state index contributed by atoms with van der Waals surface area (Å²) in [4.78, 5) is 12.3. The summed E-state index contributed by atoms with van der Waals surface area (Å²) in [6.07, 6.45) is 0. The average molecular weight is 333 g/mol. The number of ether oxygens (including phenoxy) is 1. The van der Waals surface area contributed by atoms with Crippen LogP contribution >= 0.6 is 0 Å². The van der Waals surface area contributed by atoms with Gasteiger partial charge in [-0.15, -0.1) is 0 Å². The van der Waals surface area contributed by atoms with Crippen molar-refractivity contribution in [2.45, 2.75) is 19.9 Å². The van der Waals surface area contributed by atoms with Gasteiger partial charge < -0.3 is 10.1 Å². The van der Waals surface area contributed by atoms with Gasteiger partial charge in [0.15, 0.2) is 6.61 Å². The van der Waals surface area contributed by atoms with Crippen LogP contribution < -0.4 is 10.1 Å². The smallest absolute Gasteiger partial charge is 0.258 e. The molecule has 0 unspecified atom stereocenters. The van der Waals surface area contributed by atoms with Gasteiger partial charge in [-0.1, -0.05) is 74.5 Å². The molecule has 3 rings (SSSR count). The lowest BCUT2D eigenvalue weighted by molar-refractivity contribution is -0.124. The van der Waals surface area contributed by atoms with Gasteiger partial charge in [0, 0.05) is 0 Å². The molecule has 0 aliphatic rings. The fourth-order valence-electron chi connectivity index (χ4n) is 2.92. The molecular weight excluding hydrogens is 310 g/mol. The van der Waals surface area contributed by atoms with E-state index < -0.39 is 0 Å². The second kappa shape index (κ2) is 7.84. The molecule has 0 aliphatic heterocycles. The van der Waals surface area contributed by atoms with Gasteiger partial charge in [-0.25, -0.2) is 0 Å². The van der Waals surface area contributed by atoms with E-state index in [-0.39, 0.29) is 18.6 Å². The number of carbonyl (C=O) groups excluding carboxylic acids is 1. The predicted octanol–water partition coefficient (Wildman–Crippen LogP) is 4.73. The Bertz CT molecular complexity index is 843. The predicted molar refractivity (Wildman–Crippen MR) is 102 cm³/mol. The molecule has 3 heteroatoms. The van der Waals surface area contributed by atoms with Gasteiger partial charge in [0.1, 0.15) is 5.75 Å². The van der Waals surface area contributed by atoms with Crippen molar-refractivity contribution in [3.8, 4) is 5.75 Å². The second-order valence-corrected chi connectivity index (χ2v) is 6.50. The normalized spacial score (nSPS) is 12.1. The molecule has 128 valence electrons. The summed E-state index contributed by atoms with van der Waals surface area (Å²) >= 11 is 0. The largest absolute Gasteiger partial charge is 0.484 e. The molecule has 0 fully saturated rings. The Hall–Kier alpha value is -2.81. The molecule has 0 heterocycles. The zero-order chi connectivity index (χ0) is 17.6. The molecule has 0 spiro atoms. The molecule has 1 amide bonds. The highest BCUT2D eigenvalue weighted by molar-refractivity contribution is 5.84. The van der Waals surface area contributed by atoms with E-state index in [0.717, 1.165) is 16.3 Å². The van der Waals surface area contributed by atoms with Crippen LogP contribution in [0.15, 0.2) is 72.8 Å². The van der Waals surface area contributed by atoms with Gasteiger partial charge in [-0.2, -0.15) is 0 Å². The molecule has 3 aromatic carbocycles. The first-order chi connectivity index (χ1) is 12.1. The molecule has 0 aliphatic carbocycles. The summed E-state index contributed by atoms with van der Waals surface area (Å²) in [7, 11) is 0. The molecule has 0 aromatic heterocycles. The minimum atomic E-state index is -0.115. The second-order valence-electron chi connectivity index (χ2n) is 6.50. The maximum Gasteiger partial charge on any atom is 0.258 e. The van der Waals surface area contributed by atoms with Gasteiger partial charge in [-0.3, -0.25) is 4.79 Å². The van der Waals surface area contributed by atoms with E-state index in [9.17, 15) is 4.79 Å². The van der Waals surface area contributed by atoms with Crippen LogP contribution in [0.25, 0.3) is 10.8 Å². The van der Waals surface area contributed by atoms with Crippen LogP contribution in [0.1, 0.15) is 25.5 Å². The first kappa shape index (κ1) is 17.0. The van der Waals surface area contributed by atoms with Crippen LogP contribution in [0.5, 0.6) is 5.75 Å². The maximum absolute atomic E-state index is 12.3. The van der Waals surface area contributed by atoms with Crippen molar-refractivity contribution in [3.05, 3.63) is 78.4 Å². The summed E-state index contributed by atoms with van der Waals surface area (Å²) < 4.78 is 5.68. The summed E-state index contributed by atoms with van der Waals surface area (Å²) in [6, 6.07) is 24.0. The van der Waals surface area contributed by atoms with E-state index in [1.54, 1.807) is 0 Å². The van der Waals surface area contributed by atoms with E-state index in [1.807, 2.05) is 66.7 Å². The molecule has 0 bridgehead atoms. The number of amides is 1. The minimum Gasteiger partial charge on any atom is -0.484 e. The minimum absolute atomic E-state index is 0.00833. The third-order valence-corrected chi connectivity index (χ3v) is 4.23. The molecule has 0 saturated carbocycles. The standard InChI is InChI=1S/C22H23NO2/c1-16(2)22(18-9-4-3-5-10-18)23-21(24)15-25-20-13-12-17-8-6-7-11-19(17)14-20/h3-14,16,22H,15H2,1-2H3,(H,23,24)/t22-/m0/s1. The lowest BCUT2D eigenvalue weighted by Crippen LogP contribution is -2.35. The zero-order valence-corrected chi connectivity index (χ0v) is 14.6. The van der Waals surface area contributed by atoms with Crippen LogP contribution in [0.4, 0.5) is 0 Å². The maximum atomic E-state index is 12.3. The van der Waals surface area contributed by atoms with E-state index in [0.29, 0.717) is 11.7 Å². The third kappa shape index (κ3) is 4.38. The van der Waals surface area contributed by atoms with Crippen molar-refractivity contribution in [3.63, 3.8) is 0 Å². The van der Waals surface area contributed by atoms with Crippen LogP contribution in [0, 0.1) is 5.92 Å². The van der Waals surface area contributed by atoms with E-state index in [1.165, 1.54) is 0 Å². The number of carbonyl (C=O) groups is 1. The fraction of sp³-hybridized carbons (Fsp3) is 0.227. The molecule has 1 N–H and O–H groups in total. The lowest BCUT2D eigenvalue weighted by Gasteiger charge is -2.23. The number of fused-ring (bicyclic) bond motifs is 1. The van der Waals surface area contributed by atoms with Crippen LogP contribution in [0.3, 0.4) is 0 Å². The fourth-order valence-corrected chi connectivity index (χ4v) is 2.92. The first-order valence-electron chi connectivity index (χ1n) is 8.59. The van der Waals surface area contributed by atoms with Crippen molar-refractivity contribution in [2.24, 2.45) is 5.92 Å².